The maximum Gasteiger partial charge on any atom is 0.394 e. The minimum Gasteiger partial charge on any atom is -0.334 e. The first-order valence-electron chi connectivity index (χ1n) is 6.67. The SMILES string of the molecule is CCCCn1ccnc1C(CCC)S(=O)(=O)O.O=S(=O)(O)O. The third kappa shape index (κ3) is 9.10. The van der Waals surface area contributed by atoms with Gasteiger partial charge in [-0.05, 0) is 12.8 Å². The van der Waals surface area contributed by atoms with E-state index < -0.39 is 25.8 Å². The maximum absolute atomic E-state index is 11.3. The van der Waals surface area contributed by atoms with Crippen LogP contribution in [-0.2, 0) is 27.1 Å². The molecule has 0 fully saturated rings. The van der Waals surface area contributed by atoms with E-state index in [1.165, 1.54) is 0 Å². The second kappa shape index (κ2) is 9.20. The molecule has 1 aromatic heterocycles. The smallest absolute Gasteiger partial charge is 0.334 e. The molecule has 1 rings (SSSR count). The molecular weight excluding hydrogens is 336 g/mol. The van der Waals surface area contributed by atoms with Crippen molar-refractivity contribution in [3.8, 4) is 0 Å². The van der Waals surface area contributed by atoms with Crippen LogP contribution < -0.4 is 0 Å². The van der Waals surface area contributed by atoms with E-state index in [4.69, 9.17) is 17.5 Å². The van der Waals surface area contributed by atoms with Crippen molar-refractivity contribution in [1.29, 1.82) is 0 Å². The number of imidazole rings is 1. The largest absolute Gasteiger partial charge is 0.394 e. The molecule has 0 saturated carbocycles. The van der Waals surface area contributed by atoms with Gasteiger partial charge in [0.2, 0.25) is 0 Å². The van der Waals surface area contributed by atoms with Crippen molar-refractivity contribution >= 4 is 20.5 Å². The Morgan fingerprint density at radius 3 is 2.09 bits per heavy atom. The highest BCUT2D eigenvalue weighted by atomic mass is 32.3. The standard InChI is InChI=1S/C11H20N2O3S.H2O4S/c1-3-5-8-13-9-7-12-11(13)10(6-4-2)17(14,15)16;1-5(2,3)4/h7,9-10H,3-6,8H2,1-2H3,(H,14,15,16);(H2,1,2,3,4). The Balaban J connectivity index is 0.000000763. The average molecular weight is 358 g/mol. The van der Waals surface area contributed by atoms with E-state index >= 15 is 0 Å². The summed E-state index contributed by atoms with van der Waals surface area (Å²) >= 11 is 0. The number of aromatic nitrogens is 2. The Bertz CT molecular complexity index is 629. The van der Waals surface area contributed by atoms with Crippen molar-refractivity contribution in [2.24, 2.45) is 0 Å². The van der Waals surface area contributed by atoms with Crippen molar-refractivity contribution in [3.63, 3.8) is 0 Å². The van der Waals surface area contributed by atoms with Gasteiger partial charge in [0, 0.05) is 18.9 Å². The number of hydrogen-bond donors (Lipinski definition) is 3. The van der Waals surface area contributed by atoms with Gasteiger partial charge in [-0.15, -0.1) is 0 Å². The van der Waals surface area contributed by atoms with Crippen LogP contribution in [0.5, 0.6) is 0 Å². The van der Waals surface area contributed by atoms with E-state index in [0.29, 0.717) is 18.7 Å². The molecule has 0 spiro atoms. The fourth-order valence-corrected chi connectivity index (χ4v) is 2.80. The van der Waals surface area contributed by atoms with Crippen molar-refractivity contribution in [1.82, 2.24) is 9.55 Å². The summed E-state index contributed by atoms with van der Waals surface area (Å²) in [6.07, 6.45) is 6.42. The minimum absolute atomic E-state index is 0.391. The second-order valence-electron chi connectivity index (χ2n) is 4.57. The molecule has 130 valence electrons. The topological polar surface area (TPSA) is 147 Å². The van der Waals surface area contributed by atoms with Crippen LogP contribution in [0.3, 0.4) is 0 Å². The van der Waals surface area contributed by atoms with Crippen molar-refractivity contribution < 1.29 is 30.5 Å². The Morgan fingerprint density at radius 1 is 1.14 bits per heavy atom. The lowest BCUT2D eigenvalue weighted by atomic mass is 10.2. The Labute approximate surface area is 130 Å². The monoisotopic (exact) mass is 358 g/mol. The van der Waals surface area contributed by atoms with E-state index in [1.54, 1.807) is 12.4 Å². The lowest BCUT2D eigenvalue weighted by Crippen LogP contribution is -2.17. The second-order valence-corrected chi connectivity index (χ2v) is 7.07. The molecule has 1 aromatic rings. The van der Waals surface area contributed by atoms with Crippen molar-refractivity contribution in [2.75, 3.05) is 0 Å². The van der Waals surface area contributed by atoms with Gasteiger partial charge >= 0.3 is 10.4 Å². The summed E-state index contributed by atoms with van der Waals surface area (Å²) < 4.78 is 65.3. The molecule has 0 aliphatic carbocycles. The van der Waals surface area contributed by atoms with Gasteiger partial charge in [0.25, 0.3) is 10.1 Å². The predicted molar refractivity (Wildman–Crippen MR) is 80.5 cm³/mol. The molecule has 0 aliphatic heterocycles. The minimum atomic E-state index is -4.67. The molecule has 11 heteroatoms. The van der Waals surface area contributed by atoms with Crippen molar-refractivity contribution in [2.45, 2.75) is 51.3 Å². The Hall–Kier alpha value is -1.01. The molecule has 9 nitrogen and oxygen atoms in total. The van der Waals surface area contributed by atoms with Gasteiger partial charge in [-0.1, -0.05) is 26.7 Å². The Kier molecular flexibility index (Phi) is 8.78. The highest BCUT2D eigenvalue weighted by Crippen LogP contribution is 2.25. The van der Waals surface area contributed by atoms with Crippen LogP contribution in [0, 0.1) is 0 Å². The quantitative estimate of drug-likeness (QED) is 0.625. The fraction of sp³-hybridized carbons (Fsp3) is 0.727. The van der Waals surface area contributed by atoms with Gasteiger partial charge in [-0.25, -0.2) is 4.98 Å². The molecule has 0 amide bonds. The first-order valence-corrected chi connectivity index (χ1v) is 9.57. The lowest BCUT2D eigenvalue weighted by molar-refractivity contribution is 0.381. The highest BCUT2D eigenvalue weighted by Gasteiger charge is 2.28. The van der Waals surface area contributed by atoms with Crippen LogP contribution >= 0.6 is 0 Å². The van der Waals surface area contributed by atoms with E-state index in [-0.39, 0.29) is 0 Å². The molecular formula is C11H22N2O7S2. The summed E-state index contributed by atoms with van der Waals surface area (Å²) in [5.74, 6) is 0.447. The van der Waals surface area contributed by atoms with Gasteiger partial charge in [0.1, 0.15) is 11.1 Å². The van der Waals surface area contributed by atoms with E-state index in [1.807, 2.05) is 11.5 Å². The fourth-order valence-electron chi connectivity index (χ4n) is 1.80. The number of rotatable bonds is 7. The number of unbranched alkanes of at least 4 members (excludes halogenated alkanes) is 1. The molecule has 0 bridgehead atoms. The first-order chi connectivity index (χ1) is 10.0. The first kappa shape index (κ1) is 21.0. The molecule has 1 unspecified atom stereocenters. The maximum atomic E-state index is 11.3. The zero-order valence-corrected chi connectivity index (χ0v) is 14.1. The molecule has 3 N–H and O–H groups in total. The van der Waals surface area contributed by atoms with E-state index in [0.717, 1.165) is 19.4 Å². The highest BCUT2D eigenvalue weighted by molar-refractivity contribution is 7.86. The third-order valence-electron chi connectivity index (χ3n) is 2.70. The molecule has 0 aliphatic rings. The third-order valence-corrected chi connectivity index (χ3v) is 3.86. The van der Waals surface area contributed by atoms with Gasteiger partial charge in [0.05, 0.1) is 0 Å². The zero-order chi connectivity index (χ0) is 17.4. The normalized spacial score (nSPS) is 13.3. The summed E-state index contributed by atoms with van der Waals surface area (Å²) in [5, 5.41) is -0.903. The lowest BCUT2D eigenvalue weighted by Gasteiger charge is -2.14. The Morgan fingerprint density at radius 2 is 1.68 bits per heavy atom. The molecule has 0 aromatic carbocycles. The average Bonchev–Trinajstić information content (AvgIpc) is 2.77. The summed E-state index contributed by atoms with van der Waals surface area (Å²) in [7, 11) is -8.75. The molecule has 1 heterocycles. The van der Waals surface area contributed by atoms with Crippen LogP contribution in [0.2, 0.25) is 0 Å². The number of nitrogens with zero attached hydrogens (tertiary/aromatic N) is 2. The summed E-state index contributed by atoms with van der Waals surface area (Å²) in [4.78, 5) is 4.08. The van der Waals surface area contributed by atoms with Crippen LogP contribution in [0.15, 0.2) is 12.4 Å². The zero-order valence-electron chi connectivity index (χ0n) is 12.5. The van der Waals surface area contributed by atoms with Crippen molar-refractivity contribution in [3.05, 3.63) is 18.2 Å². The molecule has 1 atom stereocenters. The molecule has 0 saturated heterocycles. The predicted octanol–water partition coefficient (Wildman–Crippen LogP) is 1.76. The van der Waals surface area contributed by atoms with Gasteiger partial charge < -0.3 is 4.57 Å². The van der Waals surface area contributed by atoms with Gasteiger partial charge in [-0.2, -0.15) is 16.8 Å². The van der Waals surface area contributed by atoms with Crippen LogP contribution in [0.4, 0.5) is 0 Å². The van der Waals surface area contributed by atoms with Crippen LogP contribution in [0.25, 0.3) is 0 Å². The van der Waals surface area contributed by atoms with Gasteiger partial charge in [0.15, 0.2) is 0 Å². The number of hydrogen-bond acceptors (Lipinski definition) is 5. The molecule has 22 heavy (non-hydrogen) atoms. The summed E-state index contributed by atoms with van der Waals surface area (Å²) in [6.45, 7) is 4.70. The van der Waals surface area contributed by atoms with Gasteiger partial charge in [-0.3, -0.25) is 13.7 Å². The van der Waals surface area contributed by atoms with Crippen LogP contribution in [0.1, 0.15) is 50.6 Å². The molecule has 0 radical (unpaired) electrons. The summed E-state index contributed by atoms with van der Waals surface area (Å²) in [6, 6.07) is 0. The van der Waals surface area contributed by atoms with Crippen LogP contribution in [-0.4, -0.2) is 40.0 Å². The number of aryl methyl sites for hydroxylation is 1. The van der Waals surface area contributed by atoms with E-state index in [9.17, 15) is 13.0 Å². The summed E-state index contributed by atoms with van der Waals surface area (Å²) in [5.41, 5.74) is 0. The van der Waals surface area contributed by atoms with E-state index in [2.05, 4.69) is 11.9 Å².